The van der Waals surface area contributed by atoms with Crippen molar-refractivity contribution in [2.45, 2.75) is 26.3 Å². The van der Waals surface area contributed by atoms with Gasteiger partial charge in [-0.2, -0.15) is 0 Å². The smallest absolute Gasteiger partial charge is 0.356 e. The van der Waals surface area contributed by atoms with Crippen molar-refractivity contribution in [3.05, 3.63) is 44.7 Å². The van der Waals surface area contributed by atoms with Crippen LogP contribution in [-0.2, 0) is 6.42 Å². The Morgan fingerprint density at radius 2 is 2.20 bits per heavy atom. The first-order chi connectivity index (χ1) is 9.45. The molecule has 1 unspecified atom stereocenters. The molecule has 4 nitrogen and oxygen atoms in total. The zero-order chi connectivity index (χ0) is 14.7. The van der Waals surface area contributed by atoms with E-state index in [9.17, 15) is 4.79 Å². The second kappa shape index (κ2) is 6.24. The molecule has 0 radical (unpaired) electrons. The normalized spacial score (nSPS) is 12.2. The Bertz CT molecular complexity index is 627. The second-order valence-corrected chi connectivity index (χ2v) is 6.37. The van der Waals surface area contributed by atoms with Crippen LogP contribution >= 0.6 is 22.9 Å². The largest absolute Gasteiger partial charge is 0.476 e. The van der Waals surface area contributed by atoms with Crippen LogP contribution in [-0.4, -0.2) is 22.1 Å². The zero-order valence-electron chi connectivity index (χ0n) is 11.2. The Balaban J connectivity index is 2.06. The maximum Gasteiger partial charge on any atom is 0.356 e. The van der Waals surface area contributed by atoms with E-state index in [4.69, 9.17) is 16.7 Å². The number of carboxylic acids is 1. The third-order valence-electron chi connectivity index (χ3n) is 2.75. The van der Waals surface area contributed by atoms with Gasteiger partial charge >= 0.3 is 5.97 Å². The Labute approximate surface area is 126 Å². The number of pyridine rings is 1. The van der Waals surface area contributed by atoms with E-state index in [0.717, 1.165) is 6.42 Å². The zero-order valence-corrected chi connectivity index (χ0v) is 12.8. The van der Waals surface area contributed by atoms with Gasteiger partial charge in [-0.3, -0.25) is 0 Å². The van der Waals surface area contributed by atoms with Crippen molar-refractivity contribution in [1.82, 2.24) is 4.98 Å². The molecule has 0 fully saturated rings. The highest BCUT2D eigenvalue weighted by Gasteiger charge is 2.13. The number of nitrogens with one attached hydrogen (secondary N) is 1. The molecule has 0 aliphatic carbocycles. The predicted molar refractivity (Wildman–Crippen MR) is 82.1 cm³/mol. The fourth-order valence-electron chi connectivity index (χ4n) is 1.87. The molecule has 20 heavy (non-hydrogen) atoms. The van der Waals surface area contributed by atoms with Gasteiger partial charge in [0.1, 0.15) is 5.82 Å². The molecule has 2 N–H and O–H groups in total. The lowest BCUT2D eigenvalue weighted by Crippen LogP contribution is -2.19. The summed E-state index contributed by atoms with van der Waals surface area (Å²) in [5, 5.41) is 12.3. The van der Waals surface area contributed by atoms with E-state index in [1.54, 1.807) is 23.5 Å². The van der Waals surface area contributed by atoms with Gasteiger partial charge in [0.2, 0.25) is 0 Å². The maximum atomic E-state index is 11.0. The number of aryl methyl sites for hydroxylation is 1. The quantitative estimate of drug-likeness (QED) is 0.880. The van der Waals surface area contributed by atoms with Gasteiger partial charge in [0, 0.05) is 22.2 Å². The lowest BCUT2D eigenvalue weighted by atomic mass is 10.2. The number of carboxylic acid groups (broad SMARTS) is 1. The van der Waals surface area contributed by atoms with Gasteiger partial charge in [0.15, 0.2) is 5.69 Å². The minimum Gasteiger partial charge on any atom is -0.476 e. The Morgan fingerprint density at radius 3 is 2.80 bits per heavy atom. The van der Waals surface area contributed by atoms with E-state index in [-0.39, 0.29) is 16.8 Å². The lowest BCUT2D eigenvalue weighted by Gasteiger charge is -2.14. The summed E-state index contributed by atoms with van der Waals surface area (Å²) < 4.78 is 0. The standard InChI is InChI=1S/C14H15ClN2O2S/c1-8(7-10-4-3-9(2)20-10)16-12-6-5-11(15)13(17-12)14(18)19/h3-6,8H,7H2,1-2H3,(H,16,17)(H,18,19). The van der Waals surface area contributed by atoms with Crippen LogP contribution in [0.3, 0.4) is 0 Å². The van der Waals surface area contributed by atoms with E-state index in [0.29, 0.717) is 5.82 Å². The summed E-state index contributed by atoms with van der Waals surface area (Å²) >= 11 is 7.55. The lowest BCUT2D eigenvalue weighted by molar-refractivity contribution is 0.0691. The van der Waals surface area contributed by atoms with Crippen molar-refractivity contribution in [1.29, 1.82) is 0 Å². The molecule has 0 spiro atoms. The highest BCUT2D eigenvalue weighted by Crippen LogP contribution is 2.20. The third-order valence-corrected chi connectivity index (χ3v) is 4.07. The molecule has 2 rings (SSSR count). The van der Waals surface area contributed by atoms with Crippen LogP contribution < -0.4 is 5.32 Å². The van der Waals surface area contributed by atoms with Gasteiger partial charge in [-0.1, -0.05) is 11.6 Å². The Hall–Kier alpha value is -1.59. The summed E-state index contributed by atoms with van der Waals surface area (Å²) in [5.41, 5.74) is -0.129. The summed E-state index contributed by atoms with van der Waals surface area (Å²) in [4.78, 5) is 17.6. The number of aromatic nitrogens is 1. The average Bonchev–Trinajstić information content (AvgIpc) is 2.76. The van der Waals surface area contributed by atoms with Crippen LogP contribution in [0.1, 0.15) is 27.2 Å². The van der Waals surface area contributed by atoms with Crippen LogP contribution in [0.4, 0.5) is 5.82 Å². The fraction of sp³-hybridized carbons (Fsp3) is 0.286. The molecule has 0 aromatic carbocycles. The van der Waals surface area contributed by atoms with Crippen LogP contribution in [0.25, 0.3) is 0 Å². The molecule has 0 amide bonds. The van der Waals surface area contributed by atoms with Gasteiger partial charge in [0.05, 0.1) is 5.02 Å². The summed E-state index contributed by atoms with van der Waals surface area (Å²) in [6.07, 6.45) is 0.866. The number of rotatable bonds is 5. The van der Waals surface area contributed by atoms with Crippen molar-refractivity contribution in [2.24, 2.45) is 0 Å². The van der Waals surface area contributed by atoms with Gasteiger partial charge < -0.3 is 10.4 Å². The van der Waals surface area contributed by atoms with Crippen LogP contribution in [0.2, 0.25) is 5.02 Å². The number of nitrogens with zero attached hydrogens (tertiary/aromatic N) is 1. The average molecular weight is 311 g/mol. The minimum atomic E-state index is -1.12. The molecule has 1 atom stereocenters. The topological polar surface area (TPSA) is 62.2 Å². The van der Waals surface area contributed by atoms with Crippen molar-refractivity contribution in [3.8, 4) is 0 Å². The third kappa shape index (κ3) is 3.71. The number of anilines is 1. The first-order valence-corrected chi connectivity index (χ1v) is 7.37. The monoisotopic (exact) mass is 310 g/mol. The van der Waals surface area contributed by atoms with Gasteiger partial charge in [0.25, 0.3) is 0 Å². The van der Waals surface area contributed by atoms with E-state index in [1.165, 1.54) is 9.75 Å². The number of carbonyl (C=O) groups is 1. The number of halogens is 1. The molecule has 0 aliphatic rings. The van der Waals surface area contributed by atoms with Crippen LogP contribution in [0, 0.1) is 6.92 Å². The van der Waals surface area contributed by atoms with E-state index in [2.05, 4.69) is 29.4 Å². The van der Waals surface area contributed by atoms with Crippen molar-refractivity contribution >= 4 is 34.7 Å². The minimum absolute atomic E-state index is 0.129. The predicted octanol–water partition coefficient (Wildman–Crippen LogP) is 3.85. The Morgan fingerprint density at radius 1 is 1.45 bits per heavy atom. The molecule has 2 aromatic heterocycles. The molecule has 2 aromatic rings. The van der Waals surface area contributed by atoms with Crippen molar-refractivity contribution in [3.63, 3.8) is 0 Å². The highest BCUT2D eigenvalue weighted by molar-refractivity contribution is 7.11. The van der Waals surface area contributed by atoms with Gasteiger partial charge in [-0.15, -0.1) is 11.3 Å². The first-order valence-electron chi connectivity index (χ1n) is 6.17. The molecule has 0 saturated heterocycles. The first kappa shape index (κ1) is 14.8. The molecule has 2 heterocycles. The van der Waals surface area contributed by atoms with E-state index in [1.807, 2.05) is 6.92 Å². The van der Waals surface area contributed by atoms with Gasteiger partial charge in [-0.05, 0) is 38.1 Å². The van der Waals surface area contributed by atoms with Crippen molar-refractivity contribution < 1.29 is 9.90 Å². The Kier molecular flexibility index (Phi) is 4.62. The summed E-state index contributed by atoms with van der Waals surface area (Å²) in [7, 11) is 0. The number of hydrogen-bond donors (Lipinski definition) is 2. The molecule has 0 bridgehead atoms. The van der Waals surface area contributed by atoms with E-state index >= 15 is 0 Å². The van der Waals surface area contributed by atoms with Gasteiger partial charge in [-0.25, -0.2) is 9.78 Å². The highest BCUT2D eigenvalue weighted by atomic mass is 35.5. The molecule has 0 saturated carbocycles. The molecule has 0 aliphatic heterocycles. The van der Waals surface area contributed by atoms with E-state index < -0.39 is 5.97 Å². The summed E-state index contributed by atoms with van der Waals surface area (Å²) in [6, 6.07) is 7.59. The van der Waals surface area contributed by atoms with Crippen LogP contribution in [0.5, 0.6) is 0 Å². The number of thiophene rings is 1. The van der Waals surface area contributed by atoms with Crippen molar-refractivity contribution in [2.75, 3.05) is 5.32 Å². The number of aromatic carboxylic acids is 1. The maximum absolute atomic E-state index is 11.0. The molecule has 6 heteroatoms. The summed E-state index contributed by atoms with van der Waals surface area (Å²) in [5.74, 6) is -0.604. The molecular weight excluding hydrogens is 296 g/mol. The number of hydrogen-bond acceptors (Lipinski definition) is 4. The molecular formula is C14H15ClN2O2S. The fourth-order valence-corrected chi connectivity index (χ4v) is 3.08. The second-order valence-electron chi connectivity index (χ2n) is 4.59. The molecule has 106 valence electrons. The SMILES string of the molecule is Cc1ccc(CC(C)Nc2ccc(Cl)c(C(=O)O)n2)s1. The summed E-state index contributed by atoms with van der Waals surface area (Å²) in [6.45, 7) is 4.11. The van der Waals surface area contributed by atoms with Crippen LogP contribution in [0.15, 0.2) is 24.3 Å².